The van der Waals surface area contributed by atoms with E-state index in [1.165, 1.54) is 28.9 Å². The summed E-state index contributed by atoms with van der Waals surface area (Å²) in [4.78, 5) is 4.48. The molecule has 2 heterocycles. The second-order valence-corrected chi connectivity index (χ2v) is 8.59. The average Bonchev–Trinajstić information content (AvgIpc) is 2.95. The second kappa shape index (κ2) is 4.82. The highest BCUT2D eigenvalue weighted by atomic mass is 32.2. The van der Waals surface area contributed by atoms with Crippen LogP contribution in [0, 0.1) is 0 Å². The zero-order chi connectivity index (χ0) is 16.1. The van der Waals surface area contributed by atoms with Gasteiger partial charge < -0.3 is 0 Å². The lowest BCUT2D eigenvalue weighted by atomic mass is 10.2. The highest BCUT2D eigenvalue weighted by Gasteiger charge is 2.17. The standard InChI is InChI=1S/C10H9N5O4S3/c11-21(16,17)7-3-1-2-6(4-7)8-5-15-9(13-8)20-10(14-15)22(12,18)19/h1-5H,(H2,11,16,17)(H2,12,18,19). The molecule has 22 heavy (non-hydrogen) atoms. The fourth-order valence-corrected chi connectivity index (χ4v) is 3.83. The molecule has 3 rings (SSSR count). The SMILES string of the molecule is NS(=O)(=O)c1cccc(-c2cn3nc(S(N)(=O)=O)sc3n2)c1. The molecule has 12 heteroatoms. The number of aromatic nitrogens is 3. The Bertz CT molecular complexity index is 1050. The monoisotopic (exact) mass is 359 g/mol. The first kappa shape index (κ1) is 15.1. The molecule has 0 aliphatic rings. The molecule has 3 aromatic rings. The minimum atomic E-state index is -3.89. The number of primary sulfonamides is 2. The smallest absolute Gasteiger partial charge is 0.225 e. The second-order valence-electron chi connectivity index (χ2n) is 4.34. The van der Waals surface area contributed by atoms with E-state index in [0.29, 0.717) is 16.2 Å². The molecule has 0 aliphatic heterocycles. The van der Waals surface area contributed by atoms with Crippen molar-refractivity contribution in [1.82, 2.24) is 14.6 Å². The number of nitrogens with two attached hydrogens (primary N) is 2. The van der Waals surface area contributed by atoms with Crippen LogP contribution in [0.2, 0.25) is 0 Å². The third-order valence-electron chi connectivity index (χ3n) is 2.73. The number of hydrogen-bond donors (Lipinski definition) is 2. The van der Waals surface area contributed by atoms with Gasteiger partial charge in [0.2, 0.25) is 19.3 Å². The van der Waals surface area contributed by atoms with Gasteiger partial charge in [0.05, 0.1) is 16.8 Å². The van der Waals surface area contributed by atoms with E-state index in [2.05, 4.69) is 10.1 Å². The van der Waals surface area contributed by atoms with Crippen LogP contribution in [-0.2, 0) is 20.0 Å². The van der Waals surface area contributed by atoms with Gasteiger partial charge in [0.15, 0.2) is 0 Å². The van der Waals surface area contributed by atoms with Crippen molar-refractivity contribution in [2.24, 2.45) is 10.3 Å². The van der Waals surface area contributed by atoms with Gasteiger partial charge in [-0.3, -0.25) is 0 Å². The van der Waals surface area contributed by atoms with Crippen LogP contribution in [-0.4, -0.2) is 31.4 Å². The maximum absolute atomic E-state index is 11.4. The van der Waals surface area contributed by atoms with Crippen LogP contribution >= 0.6 is 11.3 Å². The molecule has 1 aromatic carbocycles. The van der Waals surface area contributed by atoms with E-state index >= 15 is 0 Å². The molecule has 4 N–H and O–H groups in total. The topological polar surface area (TPSA) is 151 Å². The lowest BCUT2D eigenvalue weighted by molar-refractivity contribution is 0.594. The Morgan fingerprint density at radius 2 is 1.82 bits per heavy atom. The Kier molecular flexibility index (Phi) is 3.30. The summed E-state index contributed by atoms with van der Waals surface area (Å²) in [5, 5.41) is 13.9. The van der Waals surface area contributed by atoms with Gasteiger partial charge in [0.1, 0.15) is 0 Å². The maximum atomic E-state index is 11.4. The molecule has 0 saturated heterocycles. The summed E-state index contributed by atoms with van der Waals surface area (Å²) in [5.41, 5.74) is 0.951. The van der Waals surface area contributed by atoms with E-state index in [1.807, 2.05) is 0 Å². The fraction of sp³-hybridized carbons (Fsp3) is 0. The number of imidazole rings is 1. The Balaban J connectivity index is 2.10. The number of rotatable bonds is 3. The summed E-state index contributed by atoms with van der Waals surface area (Å²) < 4.78 is 46.2. The highest BCUT2D eigenvalue weighted by molar-refractivity contribution is 7.91. The Labute approximate surface area is 129 Å². The van der Waals surface area contributed by atoms with Gasteiger partial charge in [0, 0.05) is 5.56 Å². The van der Waals surface area contributed by atoms with Crippen molar-refractivity contribution in [3.05, 3.63) is 30.5 Å². The Morgan fingerprint density at radius 3 is 2.41 bits per heavy atom. The molecule has 0 aliphatic carbocycles. The number of fused-ring (bicyclic) bond motifs is 1. The Morgan fingerprint density at radius 1 is 1.09 bits per heavy atom. The summed E-state index contributed by atoms with van der Waals surface area (Å²) in [6.45, 7) is 0. The molecule has 0 amide bonds. The summed E-state index contributed by atoms with van der Waals surface area (Å²) in [7, 11) is -7.71. The minimum absolute atomic E-state index is 0.0421. The van der Waals surface area contributed by atoms with Crippen molar-refractivity contribution < 1.29 is 16.8 Å². The number of benzene rings is 1. The summed E-state index contributed by atoms with van der Waals surface area (Å²) >= 11 is 0.814. The molecule has 0 radical (unpaired) electrons. The first-order chi connectivity index (χ1) is 10.1. The van der Waals surface area contributed by atoms with Crippen molar-refractivity contribution in [3.8, 4) is 11.3 Å². The molecule has 0 unspecified atom stereocenters. The average molecular weight is 359 g/mol. The molecule has 0 spiro atoms. The molecule has 9 nitrogen and oxygen atoms in total. The number of hydrogen-bond acceptors (Lipinski definition) is 7. The highest BCUT2D eigenvalue weighted by Crippen LogP contribution is 2.25. The van der Waals surface area contributed by atoms with Crippen molar-refractivity contribution in [2.75, 3.05) is 0 Å². The van der Waals surface area contributed by atoms with Crippen molar-refractivity contribution in [1.29, 1.82) is 0 Å². The molecular formula is C10H9N5O4S3. The zero-order valence-electron chi connectivity index (χ0n) is 10.7. The molecule has 0 atom stereocenters. The van der Waals surface area contributed by atoms with Crippen molar-refractivity contribution >= 4 is 36.3 Å². The number of nitrogens with zero attached hydrogens (tertiary/aromatic N) is 3. The summed E-state index contributed by atoms with van der Waals surface area (Å²) in [6, 6.07) is 5.93. The van der Waals surface area contributed by atoms with E-state index in [4.69, 9.17) is 10.3 Å². The first-order valence-corrected chi connectivity index (χ1v) is 9.58. The van der Waals surface area contributed by atoms with Gasteiger partial charge >= 0.3 is 0 Å². The van der Waals surface area contributed by atoms with Crippen LogP contribution in [0.25, 0.3) is 16.2 Å². The number of sulfonamides is 2. The van der Waals surface area contributed by atoms with Gasteiger partial charge in [-0.25, -0.2) is 36.6 Å². The lowest BCUT2D eigenvalue weighted by Crippen LogP contribution is -2.12. The van der Waals surface area contributed by atoms with Gasteiger partial charge in [-0.15, -0.1) is 5.10 Å². The zero-order valence-corrected chi connectivity index (χ0v) is 13.2. The Hall–Kier alpha value is -1.86. The van der Waals surface area contributed by atoms with E-state index in [1.54, 1.807) is 6.07 Å². The van der Waals surface area contributed by atoms with Gasteiger partial charge in [-0.2, -0.15) is 0 Å². The normalized spacial score (nSPS) is 12.8. The third-order valence-corrected chi connectivity index (χ3v) is 5.87. The minimum Gasteiger partial charge on any atom is -0.225 e. The molecular weight excluding hydrogens is 350 g/mol. The third kappa shape index (κ3) is 2.74. The van der Waals surface area contributed by atoms with Crippen molar-refractivity contribution in [2.45, 2.75) is 9.24 Å². The summed E-state index contributed by atoms with van der Waals surface area (Å²) in [6.07, 6.45) is 1.47. The largest absolute Gasteiger partial charge is 0.267 e. The molecule has 2 aromatic heterocycles. The maximum Gasteiger partial charge on any atom is 0.267 e. The summed E-state index contributed by atoms with van der Waals surface area (Å²) in [5.74, 6) is 0. The van der Waals surface area contributed by atoms with Gasteiger partial charge in [-0.05, 0) is 12.1 Å². The van der Waals surface area contributed by atoms with Crippen LogP contribution in [0.4, 0.5) is 0 Å². The van der Waals surface area contributed by atoms with Crippen LogP contribution in [0.15, 0.2) is 39.7 Å². The quantitative estimate of drug-likeness (QED) is 0.658. The van der Waals surface area contributed by atoms with Crippen LogP contribution in [0.1, 0.15) is 0 Å². The van der Waals surface area contributed by atoms with E-state index in [0.717, 1.165) is 11.3 Å². The van der Waals surface area contributed by atoms with Crippen molar-refractivity contribution in [3.63, 3.8) is 0 Å². The predicted octanol–water partition coefficient (Wildman–Crippen LogP) is -0.247. The fourth-order valence-electron chi connectivity index (χ4n) is 1.77. The van der Waals surface area contributed by atoms with E-state index in [9.17, 15) is 16.8 Å². The van der Waals surface area contributed by atoms with E-state index < -0.39 is 20.0 Å². The predicted molar refractivity (Wildman–Crippen MR) is 79.0 cm³/mol. The molecule has 0 saturated carbocycles. The molecule has 0 bridgehead atoms. The lowest BCUT2D eigenvalue weighted by Gasteiger charge is -2.00. The molecule has 0 fully saturated rings. The van der Waals surface area contributed by atoms with Gasteiger partial charge in [0.25, 0.3) is 10.0 Å². The van der Waals surface area contributed by atoms with Crippen LogP contribution in [0.3, 0.4) is 0 Å². The van der Waals surface area contributed by atoms with Crippen LogP contribution < -0.4 is 10.3 Å². The van der Waals surface area contributed by atoms with Crippen LogP contribution in [0.5, 0.6) is 0 Å². The first-order valence-electron chi connectivity index (χ1n) is 5.67. The molecule has 116 valence electrons. The van der Waals surface area contributed by atoms with E-state index in [-0.39, 0.29) is 9.24 Å². The van der Waals surface area contributed by atoms with Gasteiger partial charge in [-0.1, -0.05) is 23.5 Å².